The maximum absolute atomic E-state index is 12.9. The molecule has 0 aromatic heterocycles. The van der Waals surface area contributed by atoms with Crippen molar-refractivity contribution >= 4 is 35.6 Å². The minimum atomic E-state index is -0.224. The fourth-order valence-electron chi connectivity index (χ4n) is 3.50. The van der Waals surface area contributed by atoms with Crippen molar-refractivity contribution in [3.05, 3.63) is 59.2 Å². The second kappa shape index (κ2) is 8.91. The second-order valence-corrected chi connectivity index (χ2v) is 7.04. The number of nitrogens with zero attached hydrogens (tertiary/aromatic N) is 1. The molecule has 144 valence electrons. The molecule has 3 rings (SSSR count). The predicted octanol–water partition coefficient (Wildman–Crippen LogP) is 3.80. The topological polar surface area (TPSA) is 75.4 Å². The Morgan fingerprint density at radius 2 is 1.78 bits per heavy atom. The number of rotatable bonds is 3. The molecule has 0 radical (unpaired) electrons. The number of halogens is 1. The van der Waals surface area contributed by atoms with E-state index in [0.29, 0.717) is 30.0 Å². The third-order valence-electron chi connectivity index (χ3n) is 4.77. The molecule has 0 spiro atoms. The molecule has 6 heteroatoms. The van der Waals surface area contributed by atoms with Gasteiger partial charge in [-0.2, -0.15) is 0 Å². The molecule has 2 aromatic carbocycles. The van der Waals surface area contributed by atoms with E-state index in [2.05, 4.69) is 5.32 Å². The summed E-state index contributed by atoms with van der Waals surface area (Å²) in [6, 6.07) is 13.1. The molecule has 0 saturated carbocycles. The van der Waals surface area contributed by atoms with Crippen LogP contribution in [0.25, 0.3) is 0 Å². The van der Waals surface area contributed by atoms with Crippen molar-refractivity contribution < 1.29 is 9.59 Å². The summed E-state index contributed by atoms with van der Waals surface area (Å²) in [5, 5.41) is 2.90. The highest BCUT2D eigenvalue weighted by Gasteiger charge is 2.29. The molecular weight excluding hydrogens is 362 g/mol. The molecule has 1 atom stereocenters. The van der Waals surface area contributed by atoms with Gasteiger partial charge in [-0.25, -0.2) is 0 Å². The van der Waals surface area contributed by atoms with Gasteiger partial charge in [0.15, 0.2) is 0 Å². The summed E-state index contributed by atoms with van der Waals surface area (Å²) in [6.45, 7) is 5.09. The summed E-state index contributed by atoms with van der Waals surface area (Å²) in [5.41, 5.74) is 9.89. The largest absolute Gasteiger partial charge is 0.397 e. The third-order valence-corrected chi connectivity index (χ3v) is 4.77. The number of nitrogens with two attached hydrogens (primary N) is 1. The minimum absolute atomic E-state index is 0. The molecule has 0 aliphatic carbocycles. The Labute approximate surface area is 166 Å². The highest BCUT2D eigenvalue weighted by molar-refractivity contribution is 5.97. The van der Waals surface area contributed by atoms with Gasteiger partial charge in [-0.3, -0.25) is 9.59 Å². The van der Waals surface area contributed by atoms with Gasteiger partial charge in [-0.1, -0.05) is 29.3 Å². The van der Waals surface area contributed by atoms with Gasteiger partial charge in [0.1, 0.15) is 0 Å². The number of anilines is 2. The van der Waals surface area contributed by atoms with Crippen LogP contribution in [-0.4, -0.2) is 29.8 Å². The lowest BCUT2D eigenvalue weighted by atomic mass is 9.96. The number of carbonyl (C=O) groups is 2. The molecule has 1 saturated heterocycles. The Balaban J connectivity index is 0.00000261. The zero-order valence-corrected chi connectivity index (χ0v) is 16.5. The van der Waals surface area contributed by atoms with Gasteiger partial charge >= 0.3 is 0 Å². The highest BCUT2D eigenvalue weighted by Crippen LogP contribution is 2.23. The van der Waals surface area contributed by atoms with Crippen LogP contribution in [0.4, 0.5) is 11.4 Å². The van der Waals surface area contributed by atoms with Crippen LogP contribution < -0.4 is 11.1 Å². The summed E-state index contributed by atoms with van der Waals surface area (Å²) >= 11 is 0. The van der Waals surface area contributed by atoms with E-state index >= 15 is 0 Å². The lowest BCUT2D eigenvalue weighted by molar-refractivity contribution is -0.121. The summed E-state index contributed by atoms with van der Waals surface area (Å²) in [6.07, 6.45) is 1.59. The number of hydrogen-bond donors (Lipinski definition) is 2. The number of hydrogen-bond acceptors (Lipinski definition) is 3. The SMILES string of the molecule is Cc1cc(C)cc(C(=O)N2CCCC(C(=O)Nc3ccccc3N)C2)c1.Cl. The van der Waals surface area contributed by atoms with E-state index in [1.165, 1.54) is 0 Å². The van der Waals surface area contributed by atoms with E-state index in [4.69, 9.17) is 5.73 Å². The van der Waals surface area contributed by atoms with Crippen LogP contribution in [0.2, 0.25) is 0 Å². The van der Waals surface area contributed by atoms with Gasteiger partial charge in [-0.15, -0.1) is 12.4 Å². The van der Waals surface area contributed by atoms with Crippen molar-refractivity contribution in [2.75, 3.05) is 24.1 Å². The summed E-state index contributed by atoms with van der Waals surface area (Å²) in [4.78, 5) is 27.3. The van der Waals surface area contributed by atoms with E-state index in [-0.39, 0.29) is 30.1 Å². The number of para-hydroxylation sites is 2. The molecule has 27 heavy (non-hydrogen) atoms. The quantitative estimate of drug-likeness (QED) is 0.786. The van der Waals surface area contributed by atoms with E-state index in [0.717, 1.165) is 24.0 Å². The van der Waals surface area contributed by atoms with Crippen LogP contribution in [-0.2, 0) is 4.79 Å². The Kier molecular flexibility index (Phi) is 6.86. The normalized spacial score (nSPS) is 16.4. The average Bonchev–Trinajstić information content (AvgIpc) is 2.62. The van der Waals surface area contributed by atoms with Crippen molar-refractivity contribution in [3.8, 4) is 0 Å². The van der Waals surface area contributed by atoms with Gasteiger partial charge in [0.25, 0.3) is 5.91 Å². The average molecular weight is 388 g/mol. The smallest absolute Gasteiger partial charge is 0.253 e. The van der Waals surface area contributed by atoms with E-state index in [1.54, 1.807) is 17.0 Å². The van der Waals surface area contributed by atoms with Crippen LogP contribution in [0.1, 0.15) is 34.3 Å². The van der Waals surface area contributed by atoms with Crippen LogP contribution in [0.15, 0.2) is 42.5 Å². The zero-order valence-electron chi connectivity index (χ0n) is 15.7. The zero-order chi connectivity index (χ0) is 18.7. The van der Waals surface area contributed by atoms with Gasteiger partial charge in [-0.05, 0) is 51.0 Å². The second-order valence-electron chi connectivity index (χ2n) is 7.04. The van der Waals surface area contributed by atoms with E-state index in [9.17, 15) is 9.59 Å². The molecule has 1 aliphatic rings. The number of benzene rings is 2. The van der Waals surface area contributed by atoms with Crippen molar-refractivity contribution in [2.45, 2.75) is 26.7 Å². The molecular formula is C21H26ClN3O2. The minimum Gasteiger partial charge on any atom is -0.397 e. The molecule has 1 unspecified atom stereocenters. The van der Waals surface area contributed by atoms with Gasteiger partial charge in [0, 0.05) is 18.7 Å². The van der Waals surface area contributed by atoms with Crippen molar-refractivity contribution in [2.24, 2.45) is 5.92 Å². The highest BCUT2D eigenvalue weighted by atomic mass is 35.5. The van der Waals surface area contributed by atoms with Crippen LogP contribution in [0, 0.1) is 19.8 Å². The molecule has 3 N–H and O–H groups in total. The molecule has 2 amide bonds. The first-order chi connectivity index (χ1) is 12.4. The van der Waals surface area contributed by atoms with E-state index in [1.807, 2.05) is 44.2 Å². The number of aryl methyl sites for hydroxylation is 2. The molecule has 1 heterocycles. The molecule has 0 bridgehead atoms. The number of piperidine rings is 1. The van der Waals surface area contributed by atoms with Crippen LogP contribution >= 0.6 is 12.4 Å². The lowest BCUT2D eigenvalue weighted by Crippen LogP contribution is -2.43. The predicted molar refractivity (Wildman–Crippen MR) is 111 cm³/mol. The monoisotopic (exact) mass is 387 g/mol. The lowest BCUT2D eigenvalue weighted by Gasteiger charge is -2.32. The van der Waals surface area contributed by atoms with Crippen LogP contribution in [0.5, 0.6) is 0 Å². The molecule has 1 aliphatic heterocycles. The van der Waals surface area contributed by atoms with Gasteiger partial charge < -0.3 is 16.0 Å². The Hall–Kier alpha value is -2.53. The van der Waals surface area contributed by atoms with Crippen LogP contribution in [0.3, 0.4) is 0 Å². The first-order valence-corrected chi connectivity index (χ1v) is 8.97. The van der Waals surface area contributed by atoms with Crippen molar-refractivity contribution in [1.82, 2.24) is 4.90 Å². The van der Waals surface area contributed by atoms with Crippen molar-refractivity contribution in [1.29, 1.82) is 0 Å². The number of nitrogens with one attached hydrogen (secondary N) is 1. The number of likely N-dealkylation sites (tertiary alicyclic amines) is 1. The Morgan fingerprint density at radius 1 is 1.11 bits per heavy atom. The van der Waals surface area contributed by atoms with Crippen molar-refractivity contribution in [3.63, 3.8) is 0 Å². The molecule has 1 fully saturated rings. The maximum atomic E-state index is 12.9. The fourth-order valence-corrected chi connectivity index (χ4v) is 3.50. The molecule has 5 nitrogen and oxygen atoms in total. The fraction of sp³-hybridized carbons (Fsp3) is 0.333. The standard InChI is InChI=1S/C21H25N3O2.ClH/c1-14-10-15(2)12-17(11-14)21(26)24-9-5-6-16(13-24)20(25)23-19-8-4-3-7-18(19)22;/h3-4,7-8,10-12,16H,5-6,9,13,22H2,1-2H3,(H,23,25);1H. The number of amides is 2. The summed E-state index contributed by atoms with van der Waals surface area (Å²) in [5.74, 6) is -0.312. The Bertz CT molecular complexity index is 818. The van der Waals surface area contributed by atoms with Gasteiger partial charge in [0.2, 0.25) is 5.91 Å². The number of nitrogen functional groups attached to an aromatic ring is 1. The third kappa shape index (κ3) is 5.01. The summed E-state index contributed by atoms with van der Waals surface area (Å²) in [7, 11) is 0. The first kappa shape index (κ1) is 20.8. The Morgan fingerprint density at radius 3 is 2.44 bits per heavy atom. The first-order valence-electron chi connectivity index (χ1n) is 8.97. The number of carbonyl (C=O) groups excluding carboxylic acids is 2. The molecule has 2 aromatic rings. The maximum Gasteiger partial charge on any atom is 0.253 e. The van der Waals surface area contributed by atoms with Gasteiger partial charge in [0.05, 0.1) is 17.3 Å². The summed E-state index contributed by atoms with van der Waals surface area (Å²) < 4.78 is 0. The van der Waals surface area contributed by atoms with E-state index < -0.39 is 0 Å².